The summed E-state index contributed by atoms with van der Waals surface area (Å²) in [5, 5.41) is 26.2. The van der Waals surface area contributed by atoms with Crippen LogP contribution in [-0.4, -0.2) is 51.3 Å². The maximum atomic E-state index is 12.0. The van der Waals surface area contributed by atoms with Crippen LogP contribution < -0.4 is 4.74 Å². The van der Waals surface area contributed by atoms with Crippen molar-refractivity contribution in [3.8, 4) is 5.75 Å². The molecule has 1 unspecified atom stereocenters. The van der Waals surface area contributed by atoms with Crippen LogP contribution in [0.3, 0.4) is 0 Å². The van der Waals surface area contributed by atoms with Crippen LogP contribution in [0.25, 0.3) is 12.2 Å². The molecule has 0 saturated heterocycles. The number of carbonyl (C=O) groups excluding carboxylic acids is 3. The van der Waals surface area contributed by atoms with Crippen LogP contribution in [0, 0.1) is 5.92 Å². The van der Waals surface area contributed by atoms with Crippen LogP contribution in [0.1, 0.15) is 85.4 Å². The first-order chi connectivity index (χ1) is 23.8. The van der Waals surface area contributed by atoms with E-state index in [1.807, 2.05) is 24.3 Å². The zero-order chi connectivity index (χ0) is 36.8. The van der Waals surface area contributed by atoms with Gasteiger partial charge in [0.15, 0.2) is 5.78 Å². The van der Waals surface area contributed by atoms with Crippen LogP contribution in [0.2, 0.25) is 0 Å². The normalized spacial score (nSPS) is 15.8. The first kappa shape index (κ1) is 38.0. The number of allylic oxidation sites excluding steroid dienone is 1. The number of hydrogen-bond donors (Lipinski definition) is 3. The van der Waals surface area contributed by atoms with Gasteiger partial charge in [-0.3, -0.25) is 14.4 Å². The number of ketones is 2. The van der Waals surface area contributed by atoms with E-state index in [0.717, 1.165) is 28.7 Å². The molecule has 1 saturated carbocycles. The first-order valence-corrected chi connectivity index (χ1v) is 15.4. The zero-order valence-corrected chi connectivity index (χ0v) is 27.4. The summed E-state index contributed by atoms with van der Waals surface area (Å²) >= 11 is 0. The van der Waals surface area contributed by atoms with Gasteiger partial charge in [0.25, 0.3) is 6.47 Å². The Labute approximate surface area is 289 Å². The fourth-order valence-electron chi connectivity index (χ4n) is 5.29. The molecule has 1 aliphatic rings. The van der Waals surface area contributed by atoms with Gasteiger partial charge in [0, 0.05) is 11.8 Å². The Bertz CT molecular complexity index is 1850. The van der Waals surface area contributed by atoms with Gasteiger partial charge in [0.1, 0.15) is 11.5 Å². The van der Waals surface area contributed by atoms with Crippen molar-refractivity contribution in [1.29, 1.82) is 0 Å². The highest BCUT2D eigenvalue weighted by Gasteiger charge is 2.45. The summed E-state index contributed by atoms with van der Waals surface area (Å²) in [7, 11) is 0. The summed E-state index contributed by atoms with van der Waals surface area (Å²) in [6.45, 7) is 7.00. The average molecular weight is 677 g/mol. The molecule has 50 heavy (non-hydrogen) atoms. The van der Waals surface area contributed by atoms with Gasteiger partial charge < -0.3 is 20.1 Å². The molecular weight excluding hydrogens is 640 g/mol. The maximum Gasteiger partial charge on any atom is 0.335 e. The van der Waals surface area contributed by atoms with Gasteiger partial charge >= 0.3 is 17.9 Å². The number of aromatic carboxylic acids is 3. The van der Waals surface area contributed by atoms with E-state index in [2.05, 4.69) is 6.58 Å². The van der Waals surface area contributed by atoms with E-state index in [1.165, 1.54) is 25.1 Å². The molecule has 1 aliphatic carbocycles. The van der Waals surface area contributed by atoms with Crippen LogP contribution in [0.4, 0.5) is 0 Å². The zero-order valence-electron chi connectivity index (χ0n) is 27.4. The minimum absolute atomic E-state index is 0.0349. The van der Waals surface area contributed by atoms with E-state index in [4.69, 9.17) is 20.1 Å². The second kappa shape index (κ2) is 18.2. The molecule has 0 aromatic heterocycles. The Morgan fingerprint density at radius 1 is 0.660 bits per heavy atom. The smallest absolute Gasteiger partial charge is 0.335 e. The molecule has 4 aromatic carbocycles. The number of ether oxygens (including phenoxy) is 1. The van der Waals surface area contributed by atoms with E-state index in [-0.39, 0.29) is 40.4 Å². The molecule has 0 bridgehead atoms. The third-order valence-electron chi connectivity index (χ3n) is 7.99. The predicted molar refractivity (Wildman–Crippen MR) is 187 cm³/mol. The van der Waals surface area contributed by atoms with Gasteiger partial charge in [-0.25, -0.2) is 14.4 Å². The molecule has 10 nitrogen and oxygen atoms in total. The molecule has 1 fully saturated rings. The molecule has 10 heteroatoms. The lowest BCUT2D eigenvalue weighted by Crippen LogP contribution is -2.37. The number of hydrogen-bond acceptors (Lipinski definition) is 7. The highest BCUT2D eigenvalue weighted by atomic mass is 16.5. The van der Waals surface area contributed by atoms with Crippen molar-refractivity contribution in [2.45, 2.75) is 32.1 Å². The number of carboxylic acid groups (broad SMARTS) is 3. The first-order valence-electron chi connectivity index (χ1n) is 15.4. The SMILES string of the molecule is C=Cc1ccc(C(=O)O)cc1.CC(=O)/C=C/c1ccc(C(=O)O)cc1.CC(=O)C1C[C@H](c2ccc(C(=O)O)cc2)[C@@H]1c1ccc(OC=O)cc1. The third kappa shape index (κ3) is 10.8. The largest absolute Gasteiger partial charge is 0.478 e. The molecule has 0 heterocycles. The summed E-state index contributed by atoms with van der Waals surface area (Å²) in [4.78, 5) is 64.8. The molecular formula is C40H36O10. The summed E-state index contributed by atoms with van der Waals surface area (Å²) in [6.07, 6.45) is 5.51. The van der Waals surface area contributed by atoms with E-state index >= 15 is 0 Å². The molecule has 4 aromatic rings. The fourth-order valence-corrected chi connectivity index (χ4v) is 5.29. The van der Waals surface area contributed by atoms with Gasteiger partial charge in [-0.1, -0.05) is 67.3 Å². The van der Waals surface area contributed by atoms with Gasteiger partial charge in [0.05, 0.1) is 16.7 Å². The number of benzene rings is 4. The van der Waals surface area contributed by atoms with E-state index < -0.39 is 17.9 Å². The minimum atomic E-state index is -0.955. The van der Waals surface area contributed by atoms with Crippen molar-refractivity contribution < 1.29 is 48.8 Å². The molecule has 3 N–H and O–H groups in total. The van der Waals surface area contributed by atoms with Crippen molar-refractivity contribution in [2.75, 3.05) is 0 Å². The van der Waals surface area contributed by atoms with Gasteiger partial charge in [-0.2, -0.15) is 0 Å². The van der Waals surface area contributed by atoms with Crippen LogP contribution in [-0.2, 0) is 14.4 Å². The second-order valence-corrected chi connectivity index (χ2v) is 11.3. The quantitative estimate of drug-likeness (QED) is 0.107. The summed E-state index contributed by atoms with van der Waals surface area (Å²) in [5.41, 5.74) is 4.57. The van der Waals surface area contributed by atoms with Crippen molar-refractivity contribution in [3.63, 3.8) is 0 Å². The van der Waals surface area contributed by atoms with Crippen LogP contribution in [0.5, 0.6) is 5.75 Å². The van der Waals surface area contributed by atoms with E-state index in [9.17, 15) is 28.8 Å². The number of rotatable bonds is 11. The monoisotopic (exact) mass is 676 g/mol. The van der Waals surface area contributed by atoms with Gasteiger partial charge in [0.2, 0.25) is 0 Å². The van der Waals surface area contributed by atoms with Crippen molar-refractivity contribution in [2.24, 2.45) is 5.92 Å². The Morgan fingerprint density at radius 2 is 1.10 bits per heavy atom. The average Bonchev–Trinajstić information content (AvgIpc) is 3.08. The predicted octanol–water partition coefficient (Wildman–Crippen LogP) is 7.41. The van der Waals surface area contributed by atoms with Crippen molar-refractivity contribution in [1.82, 2.24) is 0 Å². The highest BCUT2D eigenvalue weighted by molar-refractivity contribution is 5.92. The van der Waals surface area contributed by atoms with E-state index in [0.29, 0.717) is 17.8 Å². The second-order valence-electron chi connectivity index (χ2n) is 11.3. The Kier molecular flexibility index (Phi) is 13.9. The highest BCUT2D eigenvalue weighted by Crippen LogP contribution is 2.54. The van der Waals surface area contributed by atoms with Gasteiger partial charge in [-0.15, -0.1) is 0 Å². The lowest BCUT2D eigenvalue weighted by Gasteiger charge is -2.44. The Morgan fingerprint density at radius 3 is 1.50 bits per heavy atom. The standard InChI is InChI=1S/C20H18O5.C11H10O3.C9H8O2/c1-12(22)17-10-18(13-2-4-15(5-3-13)20(23)24)19(17)14-6-8-16(9-7-14)25-11-21;1-8(12)2-3-9-4-6-10(7-5-9)11(13)14;1-2-7-3-5-8(6-4-7)9(10)11/h2-9,11,17-19H,10H2,1H3,(H,23,24);2-7H,1H3,(H,13,14);2-6H,1H2,(H,10,11)/b;3-2+;/t17?,18-,19-;;/m1../s1. The Hall–Kier alpha value is -6.42. The molecule has 0 spiro atoms. The number of Topliss-reactive ketones (excluding diaryl/α,β-unsaturated/α-hetero) is 1. The van der Waals surface area contributed by atoms with Crippen LogP contribution in [0.15, 0.2) is 110 Å². The molecule has 0 aliphatic heterocycles. The van der Waals surface area contributed by atoms with E-state index in [1.54, 1.807) is 79.7 Å². The molecule has 0 amide bonds. The summed E-state index contributed by atoms with van der Waals surface area (Å²) < 4.78 is 4.81. The molecule has 5 rings (SSSR count). The Balaban J connectivity index is 0.000000228. The van der Waals surface area contributed by atoms with Crippen molar-refractivity contribution >= 4 is 48.1 Å². The van der Waals surface area contributed by atoms with Crippen molar-refractivity contribution in [3.05, 3.63) is 149 Å². The lowest BCUT2D eigenvalue weighted by atomic mass is 9.58. The summed E-state index contributed by atoms with van der Waals surface area (Å²) in [5.74, 6) is -2.09. The molecule has 3 atom stereocenters. The maximum absolute atomic E-state index is 12.0. The minimum Gasteiger partial charge on any atom is -0.478 e. The lowest BCUT2D eigenvalue weighted by molar-refractivity contribution is -0.124. The van der Waals surface area contributed by atoms with Crippen LogP contribution >= 0.6 is 0 Å². The third-order valence-corrected chi connectivity index (χ3v) is 7.99. The summed E-state index contributed by atoms with van der Waals surface area (Å²) in [6, 6.07) is 26.9. The number of carboxylic acids is 3. The van der Waals surface area contributed by atoms with Gasteiger partial charge in [-0.05, 0) is 103 Å². The topological polar surface area (TPSA) is 172 Å². The molecule has 256 valence electrons. The fraction of sp³-hybridized carbons (Fsp3) is 0.150. The molecule has 0 radical (unpaired) electrons. The number of carbonyl (C=O) groups is 6.